The first kappa shape index (κ1) is 26.2. The normalized spacial score (nSPS) is 20.2. The van der Waals surface area contributed by atoms with Crippen LogP contribution in [0.3, 0.4) is 0 Å². The predicted octanol–water partition coefficient (Wildman–Crippen LogP) is 4.35. The molecule has 0 saturated carbocycles. The number of likely N-dealkylation sites (tertiary alicyclic amines) is 2. The minimum Gasteiger partial charge on any atom is -0.391 e. The summed E-state index contributed by atoms with van der Waals surface area (Å²) in [5.74, 6) is -0.942. The Kier molecular flexibility index (Phi) is 7.15. The number of nitrogens with one attached hydrogen (secondary N) is 1. The topological polar surface area (TPSA) is 102 Å². The molecule has 2 atom stereocenters. The molecule has 1 aromatic carbocycles. The zero-order chi connectivity index (χ0) is 27.0. The molecule has 38 heavy (non-hydrogen) atoms. The van der Waals surface area contributed by atoms with Crippen molar-refractivity contribution in [2.45, 2.75) is 50.4 Å². The van der Waals surface area contributed by atoms with Crippen LogP contribution in [0.15, 0.2) is 42.7 Å². The van der Waals surface area contributed by atoms with Crippen molar-refractivity contribution in [1.29, 1.82) is 0 Å². The molecule has 0 radical (unpaired) electrons. The number of aromatic nitrogens is 2. The number of aliphatic hydroxyl groups is 2. The Balaban J connectivity index is 1.35. The Labute approximate surface area is 218 Å². The van der Waals surface area contributed by atoms with Gasteiger partial charge in [-0.05, 0) is 38.3 Å². The Morgan fingerprint density at radius 3 is 2.55 bits per heavy atom. The van der Waals surface area contributed by atoms with Gasteiger partial charge in [0, 0.05) is 49.0 Å². The molecule has 8 nitrogen and oxygen atoms in total. The van der Waals surface area contributed by atoms with Crippen LogP contribution in [0.1, 0.15) is 55.5 Å². The maximum absolute atomic E-state index is 14.7. The average molecular weight is 530 g/mol. The number of alkyl halides is 2. The number of piperidine rings is 1. The van der Waals surface area contributed by atoms with Gasteiger partial charge in [0.25, 0.3) is 6.43 Å². The summed E-state index contributed by atoms with van der Waals surface area (Å²) in [4.78, 5) is 24.9. The lowest BCUT2D eigenvalue weighted by Crippen LogP contribution is -2.50. The number of carbonyl (C=O) groups excluding carboxylic acids is 1. The summed E-state index contributed by atoms with van der Waals surface area (Å²) in [7, 11) is 0. The molecule has 5 rings (SSSR count). The first-order valence-electron chi connectivity index (χ1n) is 12.7. The second-order valence-corrected chi connectivity index (χ2v) is 10.1. The van der Waals surface area contributed by atoms with Crippen LogP contribution in [-0.2, 0) is 5.60 Å². The average Bonchev–Trinajstić information content (AvgIpc) is 3.34. The van der Waals surface area contributed by atoms with E-state index >= 15 is 0 Å². The molecule has 2 amide bonds. The third-order valence-electron chi connectivity index (χ3n) is 7.53. The molecule has 3 aromatic rings. The number of halogens is 3. The van der Waals surface area contributed by atoms with E-state index in [1.807, 2.05) is 0 Å². The van der Waals surface area contributed by atoms with Crippen LogP contribution >= 0.6 is 0 Å². The summed E-state index contributed by atoms with van der Waals surface area (Å²) in [5, 5.41) is 25.0. The molecule has 2 aliphatic rings. The van der Waals surface area contributed by atoms with Crippen molar-refractivity contribution in [2.75, 3.05) is 31.5 Å². The van der Waals surface area contributed by atoms with E-state index in [1.165, 1.54) is 12.1 Å². The van der Waals surface area contributed by atoms with Gasteiger partial charge in [0.1, 0.15) is 11.4 Å². The second-order valence-electron chi connectivity index (χ2n) is 10.1. The fourth-order valence-electron chi connectivity index (χ4n) is 5.25. The highest BCUT2D eigenvalue weighted by Crippen LogP contribution is 2.36. The van der Waals surface area contributed by atoms with Gasteiger partial charge in [0.05, 0.1) is 35.1 Å². The van der Waals surface area contributed by atoms with E-state index in [0.717, 1.165) is 6.07 Å². The number of rotatable bonds is 5. The predicted molar refractivity (Wildman–Crippen MR) is 135 cm³/mol. The number of hydrogen-bond acceptors (Lipinski definition) is 6. The number of carbonyl (C=O) groups is 1. The lowest BCUT2D eigenvalue weighted by Gasteiger charge is -2.39. The number of aliphatic hydroxyl groups excluding tert-OH is 1. The Morgan fingerprint density at radius 1 is 1.13 bits per heavy atom. The van der Waals surface area contributed by atoms with E-state index in [4.69, 9.17) is 0 Å². The van der Waals surface area contributed by atoms with Gasteiger partial charge >= 0.3 is 6.03 Å². The van der Waals surface area contributed by atoms with Gasteiger partial charge in [-0.3, -0.25) is 9.97 Å². The Morgan fingerprint density at radius 2 is 1.87 bits per heavy atom. The molecule has 0 aliphatic carbocycles. The van der Waals surface area contributed by atoms with E-state index in [-0.39, 0.29) is 11.6 Å². The number of benzene rings is 1. The number of amides is 2. The van der Waals surface area contributed by atoms with E-state index < -0.39 is 35.6 Å². The summed E-state index contributed by atoms with van der Waals surface area (Å²) in [6, 6.07) is 6.62. The molecule has 0 bridgehead atoms. The maximum atomic E-state index is 14.7. The molecular weight excluding hydrogens is 499 g/mol. The highest BCUT2D eigenvalue weighted by molar-refractivity contribution is 5.91. The van der Waals surface area contributed by atoms with Crippen LogP contribution in [0.5, 0.6) is 0 Å². The van der Waals surface area contributed by atoms with Gasteiger partial charge in [-0.25, -0.2) is 18.0 Å². The van der Waals surface area contributed by atoms with Gasteiger partial charge in [-0.15, -0.1) is 0 Å². The second kappa shape index (κ2) is 10.4. The zero-order valence-electron chi connectivity index (χ0n) is 20.9. The molecule has 2 saturated heterocycles. The van der Waals surface area contributed by atoms with E-state index in [1.54, 1.807) is 41.2 Å². The molecule has 4 heterocycles. The number of nitrogens with zero attached hydrogens (tertiary/aromatic N) is 4. The SMILES string of the molecule is C[C@@H](Nc1ccnc2cnc(C3(O)CCN(C(=O)N4CC[C@H](O)C4)CC3)cc12)c1cccc(C(F)F)c1F. The minimum absolute atomic E-state index is 0.114. The third kappa shape index (κ3) is 5.00. The number of urea groups is 1. The van der Waals surface area contributed by atoms with Crippen LogP contribution < -0.4 is 5.32 Å². The number of anilines is 1. The van der Waals surface area contributed by atoms with E-state index in [2.05, 4.69) is 15.3 Å². The third-order valence-corrected chi connectivity index (χ3v) is 7.53. The first-order chi connectivity index (χ1) is 18.2. The molecule has 2 aromatic heterocycles. The molecular formula is C27H30F3N5O3. The van der Waals surface area contributed by atoms with Gasteiger partial charge in [-0.1, -0.05) is 18.2 Å². The molecule has 3 N–H and O–H groups in total. The van der Waals surface area contributed by atoms with Crippen LogP contribution in [-0.4, -0.2) is 68.3 Å². The van der Waals surface area contributed by atoms with E-state index in [0.29, 0.717) is 67.7 Å². The van der Waals surface area contributed by atoms with Crippen molar-refractivity contribution in [1.82, 2.24) is 19.8 Å². The van der Waals surface area contributed by atoms with Crippen molar-refractivity contribution in [3.63, 3.8) is 0 Å². The van der Waals surface area contributed by atoms with E-state index in [9.17, 15) is 28.2 Å². The lowest BCUT2D eigenvalue weighted by atomic mass is 9.87. The zero-order valence-corrected chi connectivity index (χ0v) is 20.9. The fourth-order valence-corrected chi connectivity index (χ4v) is 5.25. The van der Waals surface area contributed by atoms with Crippen molar-refractivity contribution in [2.24, 2.45) is 0 Å². The smallest absolute Gasteiger partial charge is 0.320 e. The van der Waals surface area contributed by atoms with Gasteiger partial charge in [-0.2, -0.15) is 0 Å². The molecule has 11 heteroatoms. The fraction of sp³-hybridized carbons (Fsp3) is 0.444. The summed E-state index contributed by atoms with van der Waals surface area (Å²) in [6.45, 7) is 3.21. The van der Waals surface area contributed by atoms with Gasteiger partial charge < -0.3 is 25.3 Å². The molecule has 2 fully saturated rings. The molecule has 0 unspecified atom stereocenters. The molecule has 0 spiro atoms. The summed E-state index contributed by atoms with van der Waals surface area (Å²) in [5.41, 5.74) is -0.207. The number of β-amino-alcohol motifs (C(OH)–C–C–N with tert-alkyl or cyclic N) is 1. The van der Waals surface area contributed by atoms with Crippen molar-refractivity contribution >= 4 is 22.6 Å². The Bertz CT molecular complexity index is 1330. The minimum atomic E-state index is -2.91. The van der Waals surface area contributed by atoms with Crippen LogP contribution in [0.2, 0.25) is 0 Å². The van der Waals surface area contributed by atoms with Crippen molar-refractivity contribution < 1.29 is 28.2 Å². The highest BCUT2D eigenvalue weighted by atomic mass is 19.3. The van der Waals surface area contributed by atoms with Crippen LogP contribution in [0, 0.1) is 5.82 Å². The van der Waals surface area contributed by atoms with Crippen LogP contribution in [0.4, 0.5) is 23.7 Å². The van der Waals surface area contributed by atoms with Gasteiger partial charge in [0.15, 0.2) is 0 Å². The monoisotopic (exact) mass is 529 g/mol. The lowest BCUT2D eigenvalue weighted by molar-refractivity contribution is -0.0229. The first-order valence-corrected chi connectivity index (χ1v) is 12.7. The maximum Gasteiger partial charge on any atom is 0.320 e. The van der Waals surface area contributed by atoms with Crippen molar-refractivity contribution in [3.05, 3.63) is 65.4 Å². The number of hydrogen-bond donors (Lipinski definition) is 3. The van der Waals surface area contributed by atoms with Crippen molar-refractivity contribution in [3.8, 4) is 0 Å². The standard InChI is InChI=1S/C27H30F3N5O3/c1-16(18-3-2-4-19(24(18)28)25(29)30)33-21-5-9-31-22-14-32-23(13-20(21)22)27(38)7-11-34(12-8-27)26(37)35-10-6-17(36)15-35/h2-5,9,13-14,16-17,25,36,38H,6-8,10-12,15H2,1H3,(H,31,33)/t16-,17+/m1/s1. The molecule has 202 valence electrons. The largest absolute Gasteiger partial charge is 0.391 e. The number of fused-ring (bicyclic) bond motifs is 1. The molecule has 2 aliphatic heterocycles. The number of pyridine rings is 2. The van der Waals surface area contributed by atoms with Crippen LogP contribution in [0.25, 0.3) is 10.9 Å². The summed E-state index contributed by atoms with van der Waals surface area (Å²) >= 11 is 0. The highest BCUT2D eigenvalue weighted by Gasteiger charge is 2.39. The Hall–Kier alpha value is -3.44. The summed E-state index contributed by atoms with van der Waals surface area (Å²) < 4.78 is 41.1. The van der Waals surface area contributed by atoms with Gasteiger partial charge in [0.2, 0.25) is 0 Å². The summed E-state index contributed by atoms with van der Waals surface area (Å²) in [6.07, 6.45) is 0.862. The quantitative estimate of drug-likeness (QED) is 0.454.